The molecule has 7 heteroatoms. The number of aliphatic carboxylic acids is 1. The number of hydrogen-bond acceptors (Lipinski definition) is 3. The van der Waals surface area contributed by atoms with Crippen molar-refractivity contribution < 1.29 is 14.7 Å². The molecule has 4 rings (SSSR count). The minimum atomic E-state index is -0.763. The van der Waals surface area contributed by atoms with Gasteiger partial charge in [-0.2, -0.15) is 0 Å². The van der Waals surface area contributed by atoms with Crippen LogP contribution in [0.25, 0.3) is 11.0 Å². The SMILES string of the molecule is Cc1ccc2c(c1)nc(CNC(=O)N1C[C@@H]3CCC[C@@]3(C(=O)O)C1)n2C. The van der Waals surface area contributed by atoms with Crippen LogP contribution in [0.5, 0.6) is 0 Å². The van der Waals surface area contributed by atoms with E-state index in [0.29, 0.717) is 26.1 Å². The number of rotatable bonds is 3. The van der Waals surface area contributed by atoms with Gasteiger partial charge in [0.25, 0.3) is 0 Å². The zero-order valence-corrected chi connectivity index (χ0v) is 15.2. The summed E-state index contributed by atoms with van der Waals surface area (Å²) in [6.07, 6.45) is 2.49. The molecule has 2 fully saturated rings. The molecule has 2 aliphatic rings. The van der Waals surface area contributed by atoms with E-state index < -0.39 is 11.4 Å². The van der Waals surface area contributed by atoms with Crippen LogP contribution in [0.4, 0.5) is 4.79 Å². The van der Waals surface area contributed by atoms with Crippen molar-refractivity contribution in [1.29, 1.82) is 0 Å². The van der Waals surface area contributed by atoms with E-state index >= 15 is 0 Å². The maximum absolute atomic E-state index is 12.6. The highest BCUT2D eigenvalue weighted by Crippen LogP contribution is 2.48. The van der Waals surface area contributed by atoms with Gasteiger partial charge < -0.3 is 19.9 Å². The van der Waals surface area contributed by atoms with Crippen LogP contribution >= 0.6 is 0 Å². The lowest BCUT2D eigenvalue weighted by Gasteiger charge is -2.23. The van der Waals surface area contributed by atoms with Gasteiger partial charge in [0.2, 0.25) is 0 Å². The number of carbonyl (C=O) groups excluding carboxylic acids is 1. The fourth-order valence-electron chi connectivity index (χ4n) is 4.58. The van der Waals surface area contributed by atoms with Crippen LogP contribution in [0.2, 0.25) is 0 Å². The van der Waals surface area contributed by atoms with Gasteiger partial charge in [0, 0.05) is 20.1 Å². The van der Waals surface area contributed by atoms with E-state index in [0.717, 1.165) is 35.3 Å². The van der Waals surface area contributed by atoms with Crippen molar-refractivity contribution in [3.63, 3.8) is 0 Å². The summed E-state index contributed by atoms with van der Waals surface area (Å²) in [5.74, 6) is 0.0942. The van der Waals surface area contributed by atoms with Crippen molar-refractivity contribution in [2.45, 2.75) is 32.7 Å². The first-order valence-electron chi connectivity index (χ1n) is 9.09. The van der Waals surface area contributed by atoms with Gasteiger partial charge in [-0.3, -0.25) is 4.79 Å². The number of likely N-dealkylation sites (tertiary alicyclic amines) is 1. The van der Waals surface area contributed by atoms with Crippen molar-refractivity contribution >= 4 is 23.0 Å². The van der Waals surface area contributed by atoms with E-state index in [4.69, 9.17) is 0 Å². The first kappa shape index (κ1) is 16.9. The molecule has 138 valence electrons. The summed E-state index contributed by atoms with van der Waals surface area (Å²) >= 11 is 0. The summed E-state index contributed by atoms with van der Waals surface area (Å²) in [5.41, 5.74) is 2.35. The summed E-state index contributed by atoms with van der Waals surface area (Å²) < 4.78 is 1.98. The normalized spacial score (nSPS) is 24.8. The molecule has 2 amide bonds. The highest BCUT2D eigenvalue weighted by Gasteiger charge is 2.55. The predicted molar refractivity (Wildman–Crippen MR) is 96.7 cm³/mol. The second-order valence-corrected chi connectivity index (χ2v) is 7.67. The van der Waals surface area contributed by atoms with E-state index in [1.165, 1.54) is 0 Å². The summed E-state index contributed by atoms with van der Waals surface area (Å²) in [4.78, 5) is 30.6. The number of urea groups is 1. The van der Waals surface area contributed by atoms with Crippen LogP contribution in [0.3, 0.4) is 0 Å². The van der Waals surface area contributed by atoms with Gasteiger partial charge in [-0.05, 0) is 43.4 Å². The Morgan fingerprint density at radius 1 is 1.42 bits per heavy atom. The van der Waals surface area contributed by atoms with Gasteiger partial charge in [0.15, 0.2) is 0 Å². The predicted octanol–water partition coefficient (Wildman–Crippen LogP) is 2.28. The third-order valence-electron chi connectivity index (χ3n) is 6.11. The Labute approximate surface area is 152 Å². The zero-order valence-electron chi connectivity index (χ0n) is 15.2. The highest BCUT2D eigenvalue weighted by molar-refractivity contribution is 5.81. The van der Waals surface area contributed by atoms with Gasteiger partial charge in [-0.15, -0.1) is 0 Å². The van der Waals surface area contributed by atoms with Crippen LogP contribution in [0.1, 0.15) is 30.7 Å². The molecule has 0 radical (unpaired) electrons. The standard InChI is InChI=1S/C19H24N4O3/c1-12-5-6-15-14(8-12)21-16(22(15)2)9-20-18(26)23-10-13-4-3-7-19(13,11-23)17(24)25/h5-6,8,13H,3-4,7,9-11H2,1-2H3,(H,20,26)(H,24,25)/t13-,19+/m0/s1. The summed E-state index contributed by atoms with van der Waals surface area (Å²) in [5, 5.41) is 12.6. The van der Waals surface area contributed by atoms with Crippen LogP contribution in [0, 0.1) is 18.3 Å². The number of benzene rings is 1. The topological polar surface area (TPSA) is 87.5 Å². The Kier molecular flexibility index (Phi) is 3.89. The smallest absolute Gasteiger partial charge is 0.317 e. The number of nitrogens with one attached hydrogen (secondary N) is 1. The summed E-state index contributed by atoms with van der Waals surface area (Å²) in [7, 11) is 1.94. The number of aryl methyl sites for hydroxylation is 2. The monoisotopic (exact) mass is 356 g/mol. The number of aromatic nitrogens is 2. The van der Waals surface area contributed by atoms with E-state index in [1.807, 2.05) is 36.7 Å². The third kappa shape index (κ3) is 2.53. The Balaban J connectivity index is 1.45. The molecule has 1 aromatic carbocycles. The number of hydrogen-bond donors (Lipinski definition) is 2. The second-order valence-electron chi connectivity index (χ2n) is 7.67. The maximum Gasteiger partial charge on any atom is 0.317 e. The second kappa shape index (κ2) is 6.00. The first-order valence-corrected chi connectivity index (χ1v) is 9.09. The molecule has 0 spiro atoms. The fourth-order valence-corrected chi connectivity index (χ4v) is 4.58. The molecule has 1 saturated carbocycles. The van der Waals surface area contributed by atoms with Gasteiger partial charge in [-0.1, -0.05) is 12.5 Å². The molecule has 1 aliphatic carbocycles. The molecule has 1 aliphatic heterocycles. The summed E-state index contributed by atoms with van der Waals surface area (Å²) in [6, 6.07) is 5.89. The van der Waals surface area contributed by atoms with Gasteiger partial charge in [0.1, 0.15) is 5.82 Å². The molecule has 2 N–H and O–H groups in total. The van der Waals surface area contributed by atoms with Crippen molar-refractivity contribution in [2.24, 2.45) is 18.4 Å². The molecule has 2 heterocycles. The van der Waals surface area contributed by atoms with E-state index in [2.05, 4.69) is 10.3 Å². The molecule has 1 saturated heterocycles. The zero-order chi connectivity index (χ0) is 18.5. The lowest BCUT2D eigenvalue weighted by Crippen LogP contribution is -2.41. The van der Waals surface area contributed by atoms with Gasteiger partial charge in [-0.25, -0.2) is 9.78 Å². The van der Waals surface area contributed by atoms with Crippen LogP contribution < -0.4 is 5.32 Å². The van der Waals surface area contributed by atoms with Crippen molar-refractivity contribution in [3.05, 3.63) is 29.6 Å². The average molecular weight is 356 g/mol. The molecule has 0 bridgehead atoms. The van der Waals surface area contributed by atoms with Crippen molar-refractivity contribution in [2.75, 3.05) is 13.1 Å². The van der Waals surface area contributed by atoms with E-state index in [-0.39, 0.29) is 11.9 Å². The number of amides is 2. The number of carbonyl (C=O) groups is 2. The molecular weight excluding hydrogens is 332 g/mol. The maximum atomic E-state index is 12.6. The Morgan fingerprint density at radius 2 is 2.23 bits per heavy atom. The van der Waals surface area contributed by atoms with Gasteiger partial charge in [0.05, 0.1) is 23.0 Å². The van der Waals surface area contributed by atoms with E-state index in [1.54, 1.807) is 4.90 Å². The van der Waals surface area contributed by atoms with Crippen molar-refractivity contribution in [3.8, 4) is 0 Å². The highest BCUT2D eigenvalue weighted by atomic mass is 16.4. The Bertz CT molecular complexity index is 890. The lowest BCUT2D eigenvalue weighted by molar-refractivity contribution is -0.149. The minimum absolute atomic E-state index is 0.0736. The number of carboxylic acids is 1. The third-order valence-corrected chi connectivity index (χ3v) is 6.11. The summed E-state index contributed by atoms with van der Waals surface area (Å²) in [6.45, 7) is 3.18. The average Bonchev–Trinajstić information content (AvgIpc) is 3.24. The van der Waals surface area contributed by atoms with E-state index in [9.17, 15) is 14.7 Å². The van der Waals surface area contributed by atoms with Crippen LogP contribution in [0.15, 0.2) is 18.2 Å². The lowest BCUT2D eigenvalue weighted by atomic mass is 9.81. The molecule has 7 nitrogen and oxygen atoms in total. The van der Waals surface area contributed by atoms with Crippen LogP contribution in [-0.4, -0.2) is 44.6 Å². The first-order chi connectivity index (χ1) is 12.4. The number of fused-ring (bicyclic) bond motifs is 2. The number of imidazole rings is 1. The number of carboxylic acid groups (broad SMARTS) is 1. The number of nitrogens with zero attached hydrogens (tertiary/aromatic N) is 3. The molecule has 2 aromatic rings. The Hall–Kier alpha value is -2.57. The molecule has 0 unspecified atom stereocenters. The van der Waals surface area contributed by atoms with Crippen molar-refractivity contribution in [1.82, 2.24) is 19.8 Å². The fraction of sp³-hybridized carbons (Fsp3) is 0.526. The molecule has 2 atom stereocenters. The molecule has 26 heavy (non-hydrogen) atoms. The minimum Gasteiger partial charge on any atom is -0.481 e. The van der Waals surface area contributed by atoms with Crippen LogP contribution in [-0.2, 0) is 18.4 Å². The van der Waals surface area contributed by atoms with Gasteiger partial charge >= 0.3 is 12.0 Å². The molecule has 1 aromatic heterocycles. The Morgan fingerprint density at radius 3 is 2.96 bits per heavy atom. The molecular formula is C19H24N4O3. The quantitative estimate of drug-likeness (QED) is 0.883. The largest absolute Gasteiger partial charge is 0.481 e.